The van der Waals surface area contributed by atoms with Gasteiger partial charge in [0.2, 0.25) is 0 Å². The minimum absolute atomic E-state index is 0.339. The van der Waals surface area contributed by atoms with E-state index < -0.39 is 16.0 Å². The molecule has 7 heteroatoms. The lowest BCUT2D eigenvalue weighted by Gasteiger charge is -2.39. The van der Waals surface area contributed by atoms with Gasteiger partial charge in [-0.25, -0.2) is 0 Å². The van der Waals surface area contributed by atoms with Gasteiger partial charge in [0.15, 0.2) is 5.79 Å². The van der Waals surface area contributed by atoms with Crippen LogP contribution in [0, 0.1) is 0 Å². The molecule has 0 N–H and O–H groups in total. The van der Waals surface area contributed by atoms with Gasteiger partial charge in [0.05, 0.1) is 19.8 Å². The number of nitrogens with zero attached hydrogens (tertiary/aromatic N) is 2. The minimum atomic E-state index is -3.37. The summed E-state index contributed by atoms with van der Waals surface area (Å²) in [5.74, 6) is -0.683. The zero-order chi connectivity index (χ0) is 14.1. The fourth-order valence-electron chi connectivity index (χ4n) is 3.32. The first kappa shape index (κ1) is 14.7. The number of piperidine rings is 1. The summed E-state index contributed by atoms with van der Waals surface area (Å²) in [6.45, 7) is 3.34. The van der Waals surface area contributed by atoms with Crippen molar-refractivity contribution < 1.29 is 17.9 Å². The van der Waals surface area contributed by atoms with Crippen molar-refractivity contribution in [2.45, 2.75) is 44.3 Å². The summed E-state index contributed by atoms with van der Waals surface area (Å²) in [7, 11) is -3.37. The smallest absolute Gasteiger partial charge is 0.282 e. The van der Waals surface area contributed by atoms with Gasteiger partial charge < -0.3 is 9.47 Å². The lowest BCUT2D eigenvalue weighted by Crippen LogP contribution is -2.54. The van der Waals surface area contributed by atoms with E-state index in [-0.39, 0.29) is 0 Å². The molecule has 0 aliphatic carbocycles. The third kappa shape index (κ3) is 2.87. The van der Waals surface area contributed by atoms with Gasteiger partial charge >= 0.3 is 0 Å². The molecule has 20 heavy (non-hydrogen) atoms. The molecular weight excluding hydrogens is 280 g/mol. The number of hydrogen-bond donors (Lipinski definition) is 0. The van der Waals surface area contributed by atoms with Gasteiger partial charge in [-0.05, 0) is 19.3 Å². The van der Waals surface area contributed by atoms with Crippen LogP contribution in [0.4, 0.5) is 0 Å². The molecule has 0 bridgehead atoms. The molecule has 0 aromatic carbocycles. The van der Waals surface area contributed by atoms with E-state index in [0.717, 1.165) is 38.5 Å². The van der Waals surface area contributed by atoms with Crippen LogP contribution < -0.4 is 0 Å². The SMILES string of the molecule is O=S(=O)(N1CCCCCC1)N1CCCC2(C1)OCCO2. The molecule has 0 radical (unpaired) electrons. The summed E-state index contributed by atoms with van der Waals surface area (Å²) in [5.41, 5.74) is 0. The summed E-state index contributed by atoms with van der Waals surface area (Å²) >= 11 is 0. The van der Waals surface area contributed by atoms with Gasteiger partial charge in [0, 0.05) is 26.1 Å². The van der Waals surface area contributed by atoms with E-state index in [1.807, 2.05) is 0 Å². The van der Waals surface area contributed by atoms with E-state index >= 15 is 0 Å². The second-order valence-electron chi connectivity index (χ2n) is 5.87. The molecule has 0 amide bonds. The predicted octanol–water partition coefficient (Wildman–Crippen LogP) is 0.946. The van der Waals surface area contributed by atoms with Gasteiger partial charge in [0.1, 0.15) is 0 Å². The van der Waals surface area contributed by atoms with Crippen LogP contribution in [0.25, 0.3) is 0 Å². The number of hydrogen-bond acceptors (Lipinski definition) is 4. The Hall–Kier alpha value is -0.210. The van der Waals surface area contributed by atoms with E-state index in [0.29, 0.717) is 39.4 Å². The minimum Gasteiger partial charge on any atom is -0.346 e. The van der Waals surface area contributed by atoms with Crippen molar-refractivity contribution in [3.63, 3.8) is 0 Å². The molecule has 3 fully saturated rings. The average molecular weight is 304 g/mol. The quantitative estimate of drug-likeness (QED) is 0.762. The molecule has 0 saturated carbocycles. The van der Waals surface area contributed by atoms with Crippen LogP contribution in [0.5, 0.6) is 0 Å². The zero-order valence-electron chi connectivity index (χ0n) is 11.9. The second kappa shape index (κ2) is 5.88. The largest absolute Gasteiger partial charge is 0.346 e. The molecule has 3 saturated heterocycles. The molecule has 6 nitrogen and oxygen atoms in total. The summed E-state index contributed by atoms with van der Waals surface area (Å²) in [5, 5.41) is 0. The van der Waals surface area contributed by atoms with Crippen LogP contribution >= 0.6 is 0 Å². The lowest BCUT2D eigenvalue weighted by atomic mass is 10.1. The Labute approximate surface area is 121 Å². The van der Waals surface area contributed by atoms with E-state index in [2.05, 4.69) is 0 Å². The maximum absolute atomic E-state index is 12.8. The molecule has 0 aromatic heterocycles. The first-order valence-electron chi connectivity index (χ1n) is 7.66. The predicted molar refractivity (Wildman–Crippen MR) is 74.4 cm³/mol. The first-order chi connectivity index (χ1) is 9.62. The summed E-state index contributed by atoms with van der Waals surface area (Å²) in [6, 6.07) is 0. The van der Waals surface area contributed by atoms with Crippen LogP contribution in [-0.2, 0) is 19.7 Å². The van der Waals surface area contributed by atoms with E-state index in [1.54, 1.807) is 8.61 Å². The maximum atomic E-state index is 12.8. The Bertz CT molecular complexity index is 426. The van der Waals surface area contributed by atoms with Crippen molar-refractivity contribution in [1.82, 2.24) is 8.61 Å². The highest BCUT2D eigenvalue weighted by Gasteiger charge is 2.45. The molecule has 3 heterocycles. The van der Waals surface area contributed by atoms with Crippen molar-refractivity contribution >= 4 is 10.2 Å². The van der Waals surface area contributed by atoms with E-state index in [4.69, 9.17) is 9.47 Å². The third-order valence-corrected chi connectivity index (χ3v) is 6.40. The lowest BCUT2D eigenvalue weighted by molar-refractivity contribution is -0.179. The maximum Gasteiger partial charge on any atom is 0.282 e. The molecule has 0 aromatic rings. The second-order valence-corrected chi connectivity index (χ2v) is 7.79. The van der Waals surface area contributed by atoms with Crippen LogP contribution in [0.15, 0.2) is 0 Å². The molecule has 0 atom stereocenters. The molecule has 3 aliphatic rings. The molecule has 3 aliphatic heterocycles. The Kier molecular flexibility index (Phi) is 4.33. The highest BCUT2D eigenvalue weighted by Crippen LogP contribution is 2.32. The van der Waals surface area contributed by atoms with Crippen LogP contribution in [-0.4, -0.2) is 62.2 Å². The molecule has 0 unspecified atom stereocenters. The summed E-state index contributed by atoms with van der Waals surface area (Å²) in [4.78, 5) is 0. The van der Waals surface area contributed by atoms with E-state index in [1.165, 1.54) is 0 Å². The zero-order valence-corrected chi connectivity index (χ0v) is 12.7. The Morgan fingerprint density at radius 2 is 1.40 bits per heavy atom. The van der Waals surface area contributed by atoms with Crippen LogP contribution in [0.3, 0.4) is 0 Å². The van der Waals surface area contributed by atoms with Gasteiger partial charge in [-0.15, -0.1) is 0 Å². The molecule has 1 spiro atoms. The molecule has 116 valence electrons. The van der Waals surface area contributed by atoms with Crippen molar-refractivity contribution in [3.8, 4) is 0 Å². The Balaban J connectivity index is 1.72. The Morgan fingerprint density at radius 3 is 2.05 bits per heavy atom. The topological polar surface area (TPSA) is 59.1 Å². The highest BCUT2D eigenvalue weighted by atomic mass is 32.2. The van der Waals surface area contributed by atoms with E-state index in [9.17, 15) is 8.42 Å². The highest BCUT2D eigenvalue weighted by molar-refractivity contribution is 7.86. The van der Waals surface area contributed by atoms with Gasteiger partial charge in [-0.3, -0.25) is 0 Å². The van der Waals surface area contributed by atoms with Crippen molar-refractivity contribution in [2.24, 2.45) is 0 Å². The fraction of sp³-hybridized carbons (Fsp3) is 1.00. The normalized spacial score (nSPS) is 29.6. The van der Waals surface area contributed by atoms with Crippen LogP contribution in [0.1, 0.15) is 38.5 Å². The monoisotopic (exact) mass is 304 g/mol. The van der Waals surface area contributed by atoms with Gasteiger partial charge in [0.25, 0.3) is 10.2 Å². The fourth-order valence-corrected chi connectivity index (χ4v) is 5.08. The van der Waals surface area contributed by atoms with Gasteiger partial charge in [-0.2, -0.15) is 17.0 Å². The molecule has 3 rings (SSSR count). The van der Waals surface area contributed by atoms with Crippen molar-refractivity contribution in [3.05, 3.63) is 0 Å². The first-order valence-corrected chi connectivity index (χ1v) is 9.05. The van der Waals surface area contributed by atoms with Crippen molar-refractivity contribution in [2.75, 3.05) is 39.4 Å². The van der Waals surface area contributed by atoms with Gasteiger partial charge in [-0.1, -0.05) is 12.8 Å². The molecular formula is C13H24N2O4S. The summed E-state index contributed by atoms with van der Waals surface area (Å²) in [6.07, 6.45) is 5.77. The number of ether oxygens (including phenoxy) is 2. The van der Waals surface area contributed by atoms with Crippen LogP contribution in [0.2, 0.25) is 0 Å². The third-order valence-electron chi connectivity index (χ3n) is 4.41. The Morgan fingerprint density at radius 1 is 0.800 bits per heavy atom. The van der Waals surface area contributed by atoms with Crippen molar-refractivity contribution in [1.29, 1.82) is 0 Å². The summed E-state index contributed by atoms with van der Waals surface area (Å²) < 4.78 is 40.1. The standard InChI is InChI=1S/C13H24N2O4S/c16-20(17,14-7-3-1-2-4-8-14)15-9-5-6-13(12-15)18-10-11-19-13/h1-12H2. The average Bonchev–Trinajstić information content (AvgIpc) is 2.72. The number of rotatable bonds is 2.